The van der Waals surface area contributed by atoms with Gasteiger partial charge in [-0.15, -0.1) is 11.6 Å². The van der Waals surface area contributed by atoms with Crippen molar-refractivity contribution in [1.29, 1.82) is 0 Å². The first-order chi connectivity index (χ1) is 9.15. The first kappa shape index (κ1) is 14.4. The number of piperidine rings is 1. The van der Waals surface area contributed by atoms with E-state index in [-0.39, 0.29) is 5.91 Å². The molecule has 1 aromatic rings. The Morgan fingerprint density at radius 1 is 1.26 bits per heavy atom. The molecule has 1 aromatic carbocycles. The van der Waals surface area contributed by atoms with Crippen molar-refractivity contribution in [3.63, 3.8) is 0 Å². The number of alkyl halides is 1. The van der Waals surface area contributed by atoms with E-state index in [1.165, 1.54) is 37.9 Å². The maximum Gasteiger partial charge on any atom is 0.242 e. The summed E-state index contributed by atoms with van der Waals surface area (Å²) in [6, 6.07) is 8.03. The number of nitrogens with one attached hydrogen (secondary N) is 1. The van der Waals surface area contributed by atoms with E-state index in [4.69, 9.17) is 11.6 Å². The quantitative estimate of drug-likeness (QED) is 0.859. The van der Waals surface area contributed by atoms with Gasteiger partial charge in [-0.05, 0) is 50.6 Å². The third-order valence-corrected chi connectivity index (χ3v) is 3.64. The fourth-order valence-electron chi connectivity index (χ4n) is 2.31. The van der Waals surface area contributed by atoms with Crippen LogP contribution in [0.5, 0.6) is 0 Å². The normalized spacial score (nSPS) is 18.0. The summed E-state index contributed by atoms with van der Waals surface area (Å²) >= 11 is 5.72. The number of halogens is 1. The zero-order valence-electron chi connectivity index (χ0n) is 11.4. The van der Waals surface area contributed by atoms with Crippen molar-refractivity contribution in [2.75, 3.05) is 18.4 Å². The minimum atomic E-state index is -0.506. The summed E-state index contributed by atoms with van der Waals surface area (Å²) in [7, 11) is 0. The highest BCUT2D eigenvalue weighted by molar-refractivity contribution is 6.32. The average Bonchev–Trinajstić information content (AvgIpc) is 2.42. The first-order valence-corrected chi connectivity index (χ1v) is 7.35. The molecule has 104 valence electrons. The van der Waals surface area contributed by atoms with E-state index in [0.29, 0.717) is 0 Å². The van der Waals surface area contributed by atoms with Gasteiger partial charge in [-0.25, -0.2) is 0 Å². The number of carbonyl (C=O) groups excluding carboxylic acids is 1. The van der Waals surface area contributed by atoms with Crippen LogP contribution in [0.2, 0.25) is 0 Å². The number of hydrogen-bond donors (Lipinski definition) is 1. The largest absolute Gasteiger partial charge is 0.325 e. The number of likely N-dealkylation sites (tertiary alicyclic amines) is 1. The number of nitrogens with zero attached hydrogens (tertiary/aromatic N) is 1. The Bertz CT molecular complexity index is 411. The minimum Gasteiger partial charge on any atom is -0.325 e. The van der Waals surface area contributed by atoms with Crippen LogP contribution in [-0.4, -0.2) is 29.3 Å². The molecular weight excluding hydrogens is 260 g/mol. The van der Waals surface area contributed by atoms with Crippen LogP contribution >= 0.6 is 11.6 Å². The molecule has 1 fully saturated rings. The van der Waals surface area contributed by atoms with Gasteiger partial charge in [0.25, 0.3) is 0 Å². The van der Waals surface area contributed by atoms with E-state index in [1.54, 1.807) is 6.92 Å². The zero-order valence-corrected chi connectivity index (χ0v) is 12.1. The maximum atomic E-state index is 11.5. The Hall–Kier alpha value is -1.06. The number of amides is 1. The van der Waals surface area contributed by atoms with Crippen molar-refractivity contribution in [3.8, 4) is 0 Å². The Kier molecular flexibility index (Phi) is 5.23. The first-order valence-electron chi connectivity index (χ1n) is 6.91. The molecule has 1 unspecified atom stereocenters. The number of rotatable bonds is 4. The van der Waals surface area contributed by atoms with Crippen molar-refractivity contribution < 1.29 is 4.79 Å². The third kappa shape index (κ3) is 4.51. The van der Waals surface area contributed by atoms with Crippen LogP contribution in [0.15, 0.2) is 24.3 Å². The van der Waals surface area contributed by atoms with E-state index in [9.17, 15) is 4.79 Å². The molecule has 4 heteroatoms. The van der Waals surface area contributed by atoms with E-state index >= 15 is 0 Å². The lowest BCUT2D eigenvalue weighted by molar-refractivity contribution is -0.115. The van der Waals surface area contributed by atoms with E-state index in [0.717, 1.165) is 12.2 Å². The summed E-state index contributed by atoms with van der Waals surface area (Å²) in [5.41, 5.74) is 2.10. The van der Waals surface area contributed by atoms with Gasteiger partial charge in [0, 0.05) is 12.2 Å². The second-order valence-electron chi connectivity index (χ2n) is 5.14. The number of carbonyl (C=O) groups is 1. The summed E-state index contributed by atoms with van der Waals surface area (Å²) in [5.74, 6) is -0.162. The van der Waals surface area contributed by atoms with Crippen molar-refractivity contribution in [1.82, 2.24) is 4.90 Å². The van der Waals surface area contributed by atoms with Crippen LogP contribution in [0.1, 0.15) is 31.7 Å². The van der Waals surface area contributed by atoms with Crippen molar-refractivity contribution in [2.45, 2.75) is 38.1 Å². The molecule has 0 bridgehead atoms. The second-order valence-corrected chi connectivity index (χ2v) is 5.79. The van der Waals surface area contributed by atoms with Gasteiger partial charge in [-0.3, -0.25) is 9.69 Å². The highest BCUT2D eigenvalue weighted by Gasteiger charge is 2.11. The van der Waals surface area contributed by atoms with Crippen molar-refractivity contribution in [3.05, 3.63) is 29.8 Å². The molecule has 3 nitrogen and oxygen atoms in total. The molecule has 1 saturated heterocycles. The lowest BCUT2D eigenvalue weighted by Crippen LogP contribution is -2.29. The van der Waals surface area contributed by atoms with Gasteiger partial charge >= 0.3 is 0 Å². The average molecular weight is 281 g/mol. The Morgan fingerprint density at radius 2 is 1.89 bits per heavy atom. The Labute approximate surface area is 119 Å². The van der Waals surface area contributed by atoms with Crippen LogP contribution < -0.4 is 5.32 Å². The summed E-state index contributed by atoms with van der Waals surface area (Å²) in [6.07, 6.45) is 3.97. The van der Waals surface area contributed by atoms with Crippen LogP contribution in [0.3, 0.4) is 0 Å². The van der Waals surface area contributed by atoms with Crippen molar-refractivity contribution >= 4 is 23.2 Å². The lowest BCUT2D eigenvalue weighted by atomic mass is 10.1. The van der Waals surface area contributed by atoms with Crippen LogP contribution in [0, 0.1) is 0 Å². The monoisotopic (exact) mass is 280 g/mol. The molecule has 1 atom stereocenters. The summed E-state index contributed by atoms with van der Waals surface area (Å²) in [4.78, 5) is 13.9. The Balaban J connectivity index is 1.88. The number of benzene rings is 1. The Morgan fingerprint density at radius 3 is 2.47 bits per heavy atom. The zero-order chi connectivity index (χ0) is 13.7. The predicted octanol–water partition coefficient (Wildman–Crippen LogP) is 3.24. The lowest BCUT2D eigenvalue weighted by Gasteiger charge is -2.26. The molecule has 1 heterocycles. The second kappa shape index (κ2) is 6.92. The molecule has 19 heavy (non-hydrogen) atoms. The van der Waals surface area contributed by atoms with Crippen LogP contribution in [0.25, 0.3) is 0 Å². The molecule has 0 radical (unpaired) electrons. The van der Waals surface area contributed by atoms with Gasteiger partial charge in [0.15, 0.2) is 0 Å². The molecule has 0 spiro atoms. The van der Waals surface area contributed by atoms with E-state index in [1.807, 2.05) is 12.1 Å². The number of anilines is 1. The summed E-state index contributed by atoms with van der Waals surface area (Å²) in [5, 5.41) is 2.28. The van der Waals surface area contributed by atoms with Crippen LogP contribution in [-0.2, 0) is 11.3 Å². The highest BCUT2D eigenvalue weighted by atomic mass is 35.5. The molecule has 2 rings (SSSR count). The molecular formula is C15H21ClN2O. The predicted molar refractivity (Wildman–Crippen MR) is 79.5 cm³/mol. The molecule has 0 aromatic heterocycles. The fraction of sp³-hybridized carbons (Fsp3) is 0.533. The third-order valence-electron chi connectivity index (χ3n) is 3.44. The molecule has 1 amide bonds. The van der Waals surface area contributed by atoms with E-state index in [2.05, 4.69) is 22.3 Å². The highest BCUT2D eigenvalue weighted by Crippen LogP contribution is 2.15. The fourth-order valence-corrected chi connectivity index (χ4v) is 2.37. The molecule has 0 saturated carbocycles. The molecule has 1 aliphatic rings. The van der Waals surface area contributed by atoms with Gasteiger partial charge in [-0.2, -0.15) is 0 Å². The van der Waals surface area contributed by atoms with Gasteiger partial charge < -0.3 is 5.32 Å². The SMILES string of the molecule is CC(Cl)C(=O)Nc1ccc(CN2CCCCC2)cc1. The molecule has 1 N–H and O–H groups in total. The van der Waals surface area contributed by atoms with Gasteiger partial charge in [0.1, 0.15) is 5.38 Å². The van der Waals surface area contributed by atoms with Gasteiger partial charge in [0.05, 0.1) is 0 Å². The summed E-state index contributed by atoms with van der Waals surface area (Å²) in [6.45, 7) is 5.06. The number of hydrogen-bond acceptors (Lipinski definition) is 2. The van der Waals surface area contributed by atoms with Crippen LogP contribution in [0.4, 0.5) is 5.69 Å². The maximum absolute atomic E-state index is 11.5. The van der Waals surface area contributed by atoms with E-state index < -0.39 is 5.38 Å². The smallest absolute Gasteiger partial charge is 0.242 e. The molecule has 0 aliphatic carbocycles. The van der Waals surface area contributed by atoms with Crippen molar-refractivity contribution in [2.24, 2.45) is 0 Å². The van der Waals surface area contributed by atoms with Gasteiger partial charge in [-0.1, -0.05) is 18.6 Å². The summed E-state index contributed by atoms with van der Waals surface area (Å²) < 4.78 is 0. The topological polar surface area (TPSA) is 32.3 Å². The standard InChI is InChI=1S/C15H21ClN2O/c1-12(16)15(19)17-14-7-5-13(6-8-14)11-18-9-3-2-4-10-18/h5-8,12H,2-4,9-11H2,1H3,(H,17,19). The molecule has 1 aliphatic heterocycles. The van der Waals surface area contributed by atoms with Gasteiger partial charge in [0.2, 0.25) is 5.91 Å². The minimum absolute atomic E-state index is 0.162.